The molecule has 0 atom stereocenters. The van der Waals surface area contributed by atoms with E-state index in [4.69, 9.17) is 15.2 Å². The van der Waals surface area contributed by atoms with Crippen molar-refractivity contribution in [3.05, 3.63) is 35.4 Å². The van der Waals surface area contributed by atoms with Crippen molar-refractivity contribution in [2.75, 3.05) is 14.2 Å². The SMILES string of the molecule is COc1cc(CN)cc2c(OC)cc(C)cc12. The molecule has 0 saturated heterocycles. The van der Waals surface area contributed by atoms with Crippen LogP contribution in [-0.4, -0.2) is 14.2 Å². The summed E-state index contributed by atoms with van der Waals surface area (Å²) in [6, 6.07) is 8.14. The Balaban J connectivity index is 2.83. The minimum absolute atomic E-state index is 0.489. The molecule has 3 nitrogen and oxygen atoms in total. The molecule has 0 radical (unpaired) electrons. The topological polar surface area (TPSA) is 44.5 Å². The molecule has 2 N–H and O–H groups in total. The molecule has 90 valence electrons. The van der Waals surface area contributed by atoms with Crippen molar-refractivity contribution >= 4 is 10.8 Å². The first-order chi connectivity index (χ1) is 8.19. The lowest BCUT2D eigenvalue weighted by Gasteiger charge is -2.12. The lowest BCUT2D eigenvalue weighted by Crippen LogP contribution is -1.98. The van der Waals surface area contributed by atoms with Crippen molar-refractivity contribution in [3.63, 3.8) is 0 Å². The number of benzene rings is 2. The highest BCUT2D eigenvalue weighted by Crippen LogP contribution is 2.34. The van der Waals surface area contributed by atoms with Crippen LogP contribution in [0.2, 0.25) is 0 Å². The van der Waals surface area contributed by atoms with E-state index in [-0.39, 0.29) is 0 Å². The van der Waals surface area contributed by atoms with Crippen LogP contribution in [0.1, 0.15) is 11.1 Å². The van der Waals surface area contributed by atoms with Crippen LogP contribution in [0.5, 0.6) is 11.5 Å². The number of fused-ring (bicyclic) bond motifs is 1. The second-order valence-electron chi connectivity index (χ2n) is 4.06. The highest BCUT2D eigenvalue weighted by Gasteiger charge is 2.09. The zero-order chi connectivity index (χ0) is 12.4. The summed E-state index contributed by atoms with van der Waals surface area (Å²) in [5, 5.41) is 2.10. The Morgan fingerprint density at radius 2 is 1.53 bits per heavy atom. The fraction of sp³-hybridized carbons (Fsp3) is 0.286. The molecule has 0 unspecified atom stereocenters. The van der Waals surface area contributed by atoms with Crippen molar-refractivity contribution in [3.8, 4) is 11.5 Å². The lowest BCUT2D eigenvalue weighted by molar-refractivity contribution is 0.415. The fourth-order valence-corrected chi connectivity index (χ4v) is 2.05. The minimum Gasteiger partial charge on any atom is -0.496 e. The molecule has 2 aromatic rings. The maximum absolute atomic E-state index is 5.69. The number of hydrogen-bond acceptors (Lipinski definition) is 3. The molecule has 0 amide bonds. The number of aryl methyl sites for hydroxylation is 1. The summed E-state index contributed by atoms with van der Waals surface area (Å²) in [6.07, 6.45) is 0. The van der Waals surface area contributed by atoms with Gasteiger partial charge in [-0.05, 0) is 42.3 Å². The van der Waals surface area contributed by atoms with E-state index in [1.807, 2.05) is 19.1 Å². The van der Waals surface area contributed by atoms with Gasteiger partial charge < -0.3 is 15.2 Å². The van der Waals surface area contributed by atoms with Crippen LogP contribution in [0.4, 0.5) is 0 Å². The van der Waals surface area contributed by atoms with E-state index in [1.165, 1.54) is 0 Å². The summed E-state index contributed by atoms with van der Waals surface area (Å²) in [5.74, 6) is 1.69. The van der Waals surface area contributed by atoms with Gasteiger partial charge >= 0.3 is 0 Å². The monoisotopic (exact) mass is 231 g/mol. The van der Waals surface area contributed by atoms with Crippen molar-refractivity contribution in [2.45, 2.75) is 13.5 Å². The standard InChI is InChI=1S/C14H17NO2/c1-9-4-11-12(13(5-9)16-2)6-10(8-15)7-14(11)17-3/h4-7H,8,15H2,1-3H3. The quantitative estimate of drug-likeness (QED) is 0.883. The number of rotatable bonds is 3. The number of ether oxygens (including phenoxy) is 2. The normalized spacial score (nSPS) is 10.6. The number of hydrogen-bond donors (Lipinski definition) is 1. The Labute approximate surface area is 101 Å². The predicted molar refractivity (Wildman–Crippen MR) is 69.7 cm³/mol. The van der Waals surface area contributed by atoms with Crippen LogP contribution in [0.25, 0.3) is 10.8 Å². The Hall–Kier alpha value is -1.74. The van der Waals surface area contributed by atoms with E-state index in [0.717, 1.165) is 33.4 Å². The molecule has 0 heterocycles. The van der Waals surface area contributed by atoms with Gasteiger partial charge in [0, 0.05) is 17.3 Å². The molecule has 2 aromatic carbocycles. The van der Waals surface area contributed by atoms with Crippen molar-refractivity contribution in [1.29, 1.82) is 0 Å². The van der Waals surface area contributed by atoms with Crippen LogP contribution in [0, 0.1) is 6.92 Å². The summed E-state index contributed by atoms with van der Waals surface area (Å²) in [7, 11) is 3.35. The zero-order valence-electron chi connectivity index (χ0n) is 10.4. The first kappa shape index (κ1) is 11.7. The van der Waals surface area contributed by atoms with Crippen LogP contribution >= 0.6 is 0 Å². The Bertz CT molecular complexity index is 549. The van der Waals surface area contributed by atoms with E-state index < -0.39 is 0 Å². The zero-order valence-corrected chi connectivity index (χ0v) is 10.4. The fourth-order valence-electron chi connectivity index (χ4n) is 2.05. The number of methoxy groups -OCH3 is 2. The van der Waals surface area contributed by atoms with Gasteiger partial charge in [-0.1, -0.05) is 0 Å². The third-order valence-electron chi connectivity index (χ3n) is 2.87. The van der Waals surface area contributed by atoms with Gasteiger partial charge in [-0.2, -0.15) is 0 Å². The molecular formula is C14H17NO2. The first-order valence-corrected chi connectivity index (χ1v) is 5.55. The molecule has 0 saturated carbocycles. The molecule has 0 aromatic heterocycles. The Kier molecular flexibility index (Phi) is 3.20. The second kappa shape index (κ2) is 4.63. The number of nitrogens with two attached hydrogens (primary N) is 1. The third-order valence-corrected chi connectivity index (χ3v) is 2.87. The largest absolute Gasteiger partial charge is 0.496 e. The van der Waals surface area contributed by atoms with Crippen LogP contribution in [-0.2, 0) is 6.54 Å². The molecular weight excluding hydrogens is 214 g/mol. The molecule has 2 rings (SSSR count). The lowest BCUT2D eigenvalue weighted by atomic mass is 10.0. The van der Waals surface area contributed by atoms with Crippen LogP contribution in [0.3, 0.4) is 0 Å². The van der Waals surface area contributed by atoms with E-state index in [0.29, 0.717) is 6.54 Å². The summed E-state index contributed by atoms with van der Waals surface area (Å²) in [6.45, 7) is 2.53. The summed E-state index contributed by atoms with van der Waals surface area (Å²) >= 11 is 0. The van der Waals surface area contributed by atoms with Gasteiger partial charge in [0.1, 0.15) is 11.5 Å². The molecule has 0 spiro atoms. The highest BCUT2D eigenvalue weighted by atomic mass is 16.5. The van der Waals surface area contributed by atoms with Gasteiger partial charge in [0.15, 0.2) is 0 Å². The maximum atomic E-state index is 5.69. The van der Waals surface area contributed by atoms with Gasteiger partial charge in [-0.15, -0.1) is 0 Å². The molecule has 0 aliphatic carbocycles. The summed E-state index contributed by atoms with van der Waals surface area (Å²) < 4.78 is 10.8. The summed E-state index contributed by atoms with van der Waals surface area (Å²) in [5.41, 5.74) is 7.87. The average Bonchev–Trinajstić information content (AvgIpc) is 2.36. The summed E-state index contributed by atoms with van der Waals surface area (Å²) in [4.78, 5) is 0. The molecule has 0 bridgehead atoms. The van der Waals surface area contributed by atoms with Gasteiger partial charge in [0.05, 0.1) is 14.2 Å². The van der Waals surface area contributed by atoms with Gasteiger partial charge in [0.2, 0.25) is 0 Å². The molecule has 0 aliphatic rings. The van der Waals surface area contributed by atoms with E-state index >= 15 is 0 Å². The average molecular weight is 231 g/mol. The van der Waals surface area contributed by atoms with Gasteiger partial charge in [-0.3, -0.25) is 0 Å². The van der Waals surface area contributed by atoms with Crippen LogP contribution in [0.15, 0.2) is 24.3 Å². The van der Waals surface area contributed by atoms with Gasteiger partial charge in [0.25, 0.3) is 0 Å². The maximum Gasteiger partial charge on any atom is 0.127 e. The van der Waals surface area contributed by atoms with Gasteiger partial charge in [-0.25, -0.2) is 0 Å². The van der Waals surface area contributed by atoms with Crippen molar-refractivity contribution < 1.29 is 9.47 Å². The van der Waals surface area contributed by atoms with E-state index in [1.54, 1.807) is 14.2 Å². The molecule has 3 heteroatoms. The van der Waals surface area contributed by atoms with Crippen molar-refractivity contribution in [1.82, 2.24) is 0 Å². The van der Waals surface area contributed by atoms with Crippen LogP contribution < -0.4 is 15.2 Å². The minimum atomic E-state index is 0.489. The molecule has 17 heavy (non-hydrogen) atoms. The smallest absolute Gasteiger partial charge is 0.127 e. The Morgan fingerprint density at radius 3 is 2.12 bits per heavy atom. The molecule has 0 aliphatic heterocycles. The molecule has 0 fully saturated rings. The first-order valence-electron chi connectivity index (χ1n) is 5.55. The third kappa shape index (κ3) is 2.06. The highest BCUT2D eigenvalue weighted by molar-refractivity contribution is 5.94. The predicted octanol–water partition coefficient (Wildman–Crippen LogP) is 2.62. The second-order valence-corrected chi connectivity index (χ2v) is 4.06. The van der Waals surface area contributed by atoms with E-state index in [9.17, 15) is 0 Å². The van der Waals surface area contributed by atoms with Crippen molar-refractivity contribution in [2.24, 2.45) is 5.73 Å². The van der Waals surface area contributed by atoms with E-state index in [2.05, 4.69) is 12.1 Å². The Morgan fingerprint density at radius 1 is 0.941 bits per heavy atom.